The standard InChI is InChI=1S/C11H13FO3/c1-7(2)15-8-4-5-10(12)9(6-8)11(13)14-3/h4-7H,1-3H3. The van der Waals surface area contributed by atoms with Crippen molar-refractivity contribution in [3.63, 3.8) is 0 Å². The summed E-state index contributed by atoms with van der Waals surface area (Å²) in [5, 5.41) is 0. The number of halogens is 1. The molecule has 0 fully saturated rings. The Kier molecular flexibility index (Phi) is 3.66. The van der Waals surface area contributed by atoms with Crippen molar-refractivity contribution in [1.29, 1.82) is 0 Å². The SMILES string of the molecule is COC(=O)c1cc(OC(C)C)ccc1F. The topological polar surface area (TPSA) is 35.5 Å². The van der Waals surface area contributed by atoms with Crippen LogP contribution in [0.1, 0.15) is 24.2 Å². The molecule has 0 N–H and O–H groups in total. The van der Waals surface area contributed by atoms with Crippen LogP contribution in [0.4, 0.5) is 4.39 Å². The lowest BCUT2D eigenvalue weighted by atomic mass is 10.2. The predicted octanol–water partition coefficient (Wildman–Crippen LogP) is 2.40. The van der Waals surface area contributed by atoms with Crippen molar-refractivity contribution < 1.29 is 18.7 Å². The van der Waals surface area contributed by atoms with Crippen molar-refractivity contribution in [2.24, 2.45) is 0 Å². The molecule has 15 heavy (non-hydrogen) atoms. The number of benzene rings is 1. The van der Waals surface area contributed by atoms with Crippen molar-refractivity contribution in [2.75, 3.05) is 7.11 Å². The number of rotatable bonds is 3. The molecular formula is C11H13FO3. The molecule has 0 unspecified atom stereocenters. The van der Waals surface area contributed by atoms with E-state index in [9.17, 15) is 9.18 Å². The van der Waals surface area contributed by atoms with Crippen LogP contribution in [0.15, 0.2) is 18.2 Å². The van der Waals surface area contributed by atoms with Gasteiger partial charge in [-0.2, -0.15) is 0 Å². The average Bonchev–Trinajstić information content (AvgIpc) is 2.19. The van der Waals surface area contributed by atoms with Crippen LogP contribution in [-0.2, 0) is 4.74 Å². The summed E-state index contributed by atoms with van der Waals surface area (Å²) in [6.07, 6.45) is -0.0269. The molecule has 0 bridgehead atoms. The maximum atomic E-state index is 13.2. The lowest BCUT2D eigenvalue weighted by molar-refractivity contribution is 0.0594. The van der Waals surface area contributed by atoms with Crippen LogP contribution in [0.3, 0.4) is 0 Å². The van der Waals surface area contributed by atoms with Crippen LogP contribution in [0, 0.1) is 5.82 Å². The summed E-state index contributed by atoms with van der Waals surface area (Å²) in [5.74, 6) is -0.869. The van der Waals surface area contributed by atoms with Gasteiger partial charge in [-0.15, -0.1) is 0 Å². The molecule has 0 radical (unpaired) electrons. The van der Waals surface area contributed by atoms with Crippen LogP contribution < -0.4 is 4.74 Å². The molecule has 1 aromatic carbocycles. The molecule has 0 spiro atoms. The van der Waals surface area contributed by atoms with Crippen molar-refractivity contribution in [2.45, 2.75) is 20.0 Å². The van der Waals surface area contributed by atoms with Crippen molar-refractivity contribution >= 4 is 5.97 Å². The third-order valence-electron chi connectivity index (χ3n) is 1.71. The molecule has 0 atom stereocenters. The second-order valence-corrected chi connectivity index (χ2v) is 3.30. The number of hydrogen-bond acceptors (Lipinski definition) is 3. The minimum absolute atomic E-state index is 0.0269. The first-order valence-corrected chi connectivity index (χ1v) is 4.59. The van der Waals surface area contributed by atoms with Gasteiger partial charge in [0, 0.05) is 0 Å². The molecule has 0 aromatic heterocycles. The Bertz CT molecular complexity index is 361. The number of esters is 1. The predicted molar refractivity (Wildman–Crippen MR) is 53.5 cm³/mol. The number of carbonyl (C=O) groups excluding carboxylic acids is 1. The van der Waals surface area contributed by atoms with E-state index < -0.39 is 11.8 Å². The van der Waals surface area contributed by atoms with Gasteiger partial charge >= 0.3 is 5.97 Å². The van der Waals surface area contributed by atoms with Crippen molar-refractivity contribution in [3.05, 3.63) is 29.6 Å². The Morgan fingerprint density at radius 1 is 1.40 bits per heavy atom. The highest BCUT2D eigenvalue weighted by atomic mass is 19.1. The van der Waals surface area contributed by atoms with E-state index in [2.05, 4.69) is 4.74 Å². The summed E-state index contributed by atoms with van der Waals surface area (Å²) in [5.41, 5.74) is -0.115. The minimum Gasteiger partial charge on any atom is -0.491 e. The fourth-order valence-electron chi connectivity index (χ4n) is 1.12. The fraction of sp³-hybridized carbons (Fsp3) is 0.364. The second kappa shape index (κ2) is 4.77. The van der Waals surface area contributed by atoms with Gasteiger partial charge < -0.3 is 9.47 Å². The Balaban J connectivity index is 3.00. The Labute approximate surface area is 87.8 Å². The highest BCUT2D eigenvalue weighted by Crippen LogP contribution is 2.18. The van der Waals surface area contributed by atoms with Gasteiger partial charge in [0.15, 0.2) is 0 Å². The maximum Gasteiger partial charge on any atom is 0.340 e. The average molecular weight is 212 g/mol. The molecule has 0 heterocycles. The molecule has 1 aromatic rings. The van der Waals surface area contributed by atoms with E-state index in [1.54, 1.807) is 0 Å². The number of methoxy groups -OCH3 is 1. The smallest absolute Gasteiger partial charge is 0.340 e. The first-order valence-electron chi connectivity index (χ1n) is 4.59. The van der Waals surface area contributed by atoms with Gasteiger partial charge in [-0.3, -0.25) is 0 Å². The Morgan fingerprint density at radius 2 is 2.07 bits per heavy atom. The molecular weight excluding hydrogens is 199 g/mol. The molecule has 82 valence electrons. The Morgan fingerprint density at radius 3 is 2.60 bits per heavy atom. The molecule has 1 rings (SSSR count). The molecule has 0 saturated carbocycles. The lowest BCUT2D eigenvalue weighted by Crippen LogP contribution is -2.08. The zero-order valence-corrected chi connectivity index (χ0v) is 8.91. The van der Waals surface area contributed by atoms with Crippen LogP contribution in [0.5, 0.6) is 5.75 Å². The summed E-state index contributed by atoms with van der Waals surface area (Å²) >= 11 is 0. The van der Waals surface area contributed by atoms with Gasteiger partial charge in [0.05, 0.1) is 18.8 Å². The van der Waals surface area contributed by atoms with E-state index in [4.69, 9.17) is 4.74 Å². The van der Waals surface area contributed by atoms with Gasteiger partial charge in [-0.05, 0) is 32.0 Å². The van der Waals surface area contributed by atoms with Crippen molar-refractivity contribution in [1.82, 2.24) is 0 Å². The highest BCUT2D eigenvalue weighted by Gasteiger charge is 2.13. The van der Waals surface area contributed by atoms with E-state index in [0.717, 1.165) is 0 Å². The largest absolute Gasteiger partial charge is 0.491 e. The molecule has 0 aliphatic heterocycles. The van der Waals surface area contributed by atoms with Gasteiger partial charge in [-0.25, -0.2) is 9.18 Å². The van der Waals surface area contributed by atoms with Gasteiger partial charge in [0.25, 0.3) is 0 Å². The van der Waals surface area contributed by atoms with Crippen molar-refractivity contribution in [3.8, 4) is 5.75 Å². The van der Waals surface area contributed by atoms with Gasteiger partial charge in [0.1, 0.15) is 11.6 Å². The number of carbonyl (C=O) groups is 1. The number of hydrogen-bond donors (Lipinski definition) is 0. The van der Waals surface area contributed by atoms with E-state index in [0.29, 0.717) is 5.75 Å². The summed E-state index contributed by atoms with van der Waals surface area (Å²) in [6.45, 7) is 3.70. The quantitative estimate of drug-likeness (QED) is 0.722. The number of ether oxygens (including phenoxy) is 2. The summed E-state index contributed by atoms with van der Waals surface area (Å²) in [4.78, 5) is 11.2. The lowest BCUT2D eigenvalue weighted by Gasteiger charge is -2.10. The fourth-order valence-corrected chi connectivity index (χ4v) is 1.12. The first kappa shape index (κ1) is 11.5. The van der Waals surface area contributed by atoms with Gasteiger partial charge in [-0.1, -0.05) is 0 Å². The van der Waals surface area contributed by atoms with Crippen LogP contribution in [0.2, 0.25) is 0 Å². The molecule has 3 nitrogen and oxygen atoms in total. The van der Waals surface area contributed by atoms with Crippen LogP contribution in [0.25, 0.3) is 0 Å². The molecule has 0 aliphatic rings. The second-order valence-electron chi connectivity index (χ2n) is 3.30. The van der Waals surface area contributed by atoms with Crippen LogP contribution >= 0.6 is 0 Å². The Hall–Kier alpha value is -1.58. The highest BCUT2D eigenvalue weighted by molar-refractivity contribution is 5.90. The van der Waals surface area contributed by atoms with E-state index in [1.165, 1.54) is 25.3 Å². The zero-order chi connectivity index (χ0) is 11.4. The monoisotopic (exact) mass is 212 g/mol. The third kappa shape index (κ3) is 2.94. The molecule has 0 aliphatic carbocycles. The van der Waals surface area contributed by atoms with Crippen LogP contribution in [-0.4, -0.2) is 19.2 Å². The van der Waals surface area contributed by atoms with E-state index in [-0.39, 0.29) is 11.7 Å². The zero-order valence-electron chi connectivity index (χ0n) is 8.91. The summed E-state index contributed by atoms with van der Waals surface area (Å²) in [6, 6.07) is 3.99. The normalized spacial score (nSPS) is 10.2. The molecule has 0 saturated heterocycles. The van der Waals surface area contributed by atoms with Gasteiger partial charge in [0.2, 0.25) is 0 Å². The molecule has 0 amide bonds. The summed E-state index contributed by atoms with van der Waals surface area (Å²) in [7, 11) is 1.21. The minimum atomic E-state index is -0.707. The first-order chi connectivity index (χ1) is 7.04. The third-order valence-corrected chi connectivity index (χ3v) is 1.71. The summed E-state index contributed by atoms with van der Waals surface area (Å²) < 4.78 is 23.0. The van der Waals surface area contributed by atoms with E-state index >= 15 is 0 Å². The van der Waals surface area contributed by atoms with E-state index in [1.807, 2.05) is 13.8 Å². The molecule has 4 heteroatoms. The maximum absolute atomic E-state index is 13.2.